The monoisotopic (exact) mass is 246 g/mol. The predicted molar refractivity (Wildman–Crippen MR) is 49.0 cm³/mol. The molecule has 2 rings (SSSR count). The lowest BCUT2D eigenvalue weighted by atomic mass is 10.2. The normalized spacial score (nSPS) is 12.2. The van der Waals surface area contributed by atoms with Crippen LogP contribution in [0, 0.1) is 0 Å². The van der Waals surface area contributed by atoms with E-state index in [4.69, 9.17) is 4.42 Å². The fourth-order valence-corrected chi connectivity index (χ4v) is 1.32. The molecule has 0 bridgehead atoms. The molecule has 0 amide bonds. The van der Waals surface area contributed by atoms with Crippen molar-refractivity contribution in [2.24, 2.45) is 0 Å². The molecule has 0 aliphatic rings. The van der Waals surface area contributed by atoms with Crippen LogP contribution in [0.3, 0.4) is 0 Å². The Labute approximate surface area is 81.5 Å². The molecule has 13 heavy (non-hydrogen) atoms. The quantitative estimate of drug-likeness (QED) is 0.697. The summed E-state index contributed by atoms with van der Waals surface area (Å²) >= 11 is 2.24. The third kappa shape index (κ3) is 1.58. The zero-order valence-corrected chi connectivity index (χ0v) is 8.01. The van der Waals surface area contributed by atoms with Crippen LogP contribution in [0.1, 0.15) is 5.76 Å². The van der Waals surface area contributed by atoms with Gasteiger partial charge >= 0.3 is 4.83 Å². The van der Waals surface area contributed by atoms with Crippen LogP contribution in [0.25, 0.3) is 11.0 Å². The first-order valence-electron chi connectivity index (χ1n) is 3.63. The van der Waals surface area contributed by atoms with E-state index in [1.54, 1.807) is 24.3 Å². The molecular weight excluding hydrogens is 242 g/mol. The van der Waals surface area contributed by atoms with Gasteiger partial charge in [-0.2, -0.15) is 8.78 Å². The van der Waals surface area contributed by atoms with Crippen molar-refractivity contribution in [2.45, 2.75) is 4.83 Å². The first kappa shape index (κ1) is 8.69. The van der Waals surface area contributed by atoms with Gasteiger partial charge in [-0.1, -0.05) is 18.2 Å². The van der Waals surface area contributed by atoms with Crippen molar-refractivity contribution in [1.29, 1.82) is 0 Å². The van der Waals surface area contributed by atoms with Gasteiger partial charge in [-0.25, -0.2) is 0 Å². The second kappa shape index (κ2) is 2.80. The summed E-state index contributed by atoms with van der Waals surface area (Å²) < 4.78 is 30.4. The van der Waals surface area contributed by atoms with Crippen LogP contribution in [0.2, 0.25) is 0 Å². The summed E-state index contributed by atoms with van der Waals surface area (Å²) in [5.41, 5.74) is 0.469. The van der Waals surface area contributed by atoms with Gasteiger partial charge in [0.1, 0.15) is 5.58 Å². The Balaban J connectivity index is 2.63. The maximum absolute atomic E-state index is 12.7. The fourth-order valence-electron chi connectivity index (χ4n) is 1.12. The zero-order valence-electron chi connectivity index (χ0n) is 6.43. The third-order valence-corrected chi connectivity index (χ3v) is 2.10. The molecule has 2 aromatic rings. The molecule has 4 heteroatoms. The molecule has 1 aromatic carbocycles. The van der Waals surface area contributed by atoms with Crippen molar-refractivity contribution in [1.82, 2.24) is 0 Å². The molecule has 0 N–H and O–H groups in total. The number of rotatable bonds is 1. The van der Waals surface area contributed by atoms with Crippen molar-refractivity contribution < 1.29 is 13.2 Å². The molecule has 0 saturated heterocycles. The highest BCUT2D eigenvalue weighted by molar-refractivity contribution is 9.09. The van der Waals surface area contributed by atoms with Crippen molar-refractivity contribution in [3.05, 3.63) is 36.1 Å². The number of furan rings is 1. The number of para-hydroxylation sites is 1. The SMILES string of the molecule is FC(F)(Br)c1cc2ccccc2o1. The summed E-state index contributed by atoms with van der Waals surface area (Å²) in [6.07, 6.45) is 0. The minimum absolute atomic E-state index is 0.367. The summed E-state index contributed by atoms with van der Waals surface area (Å²) in [6.45, 7) is 0. The van der Waals surface area contributed by atoms with Crippen LogP contribution >= 0.6 is 15.9 Å². The highest BCUT2D eigenvalue weighted by Gasteiger charge is 2.31. The molecule has 1 aromatic heterocycles. The van der Waals surface area contributed by atoms with Gasteiger partial charge in [0.2, 0.25) is 0 Å². The van der Waals surface area contributed by atoms with Gasteiger partial charge in [0.15, 0.2) is 5.76 Å². The van der Waals surface area contributed by atoms with Gasteiger partial charge in [0.05, 0.1) is 0 Å². The van der Waals surface area contributed by atoms with E-state index in [9.17, 15) is 8.78 Å². The molecule has 0 atom stereocenters. The second-order valence-corrected chi connectivity index (χ2v) is 3.64. The van der Waals surface area contributed by atoms with E-state index >= 15 is 0 Å². The minimum Gasteiger partial charge on any atom is -0.454 e. The third-order valence-electron chi connectivity index (χ3n) is 1.70. The fraction of sp³-hybridized carbons (Fsp3) is 0.111. The zero-order chi connectivity index (χ0) is 9.47. The predicted octanol–water partition coefficient (Wildman–Crippen LogP) is 3.88. The van der Waals surface area contributed by atoms with Crippen LogP contribution in [0.4, 0.5) is 8.78 Å². The van der Waals surface area contributed by atoms with E-state index in [1.807, 2.05) is 0 Å². The summed E-state index contributed by atoms with van der Waals surface area (Å²) in [5, 5.41) is 0.677. The Hall–Kier alpha value is -0.900. The van der Waals surface area contributed by atoms with E-state index in [0.29, 0.717) is 11.0 Å². The molecule has 0 fully saturated rings. The molecular formula is C9H5BrF2O. The molecule has 1 nitrogen and oxygen atoms in total. The number of halogens is 3. The van der Waals surface area contributed by atoms with Crippen molar-refractivity contribution in [3.8, 4) is 0 Å². The molecule has 0 spiro atoms. The Morgan fingerprint density at radius 2 is 1.92 bits per heavy atom. The molecule has 0 radical (unpaired) electrons. The van der Waals surface area contributed by atoms with E-state index in [2.05, 4.69) is 15.9 Å². The first-order valence-corrected chi connectivity index (χ1v) is 4.42. The number of hydrogen-bond donors (Lipinski definition) is 0. The largest absolute Gasteiger partial charge is 0.454 e. The standard InChI is InChI=1S/C9H5BrF2O/c10-9(11,12)8-5-6-3-1-2-4-7(6)13-8/h1-5H. The summed E-state index contributed by atoms with van der Waals surface area (Å²) in [5.74, 6) is -0.367. The topological polar surface area (TPSA) is 13.1 Å². The Kier molecular flexibility index (Phi) is 1.87. The maximum atomic E-state index is 12.7. The van der Waals surface area contributed by atoms with Crippen molar-refractivity contribution in [2.75, 3.05) is 0 Å². The van der Waals surface area contributed by atoms with Crippen LogP contribution in [0.5, 0.6) is 0 Å². The second-order valence-electron chi connectivity index (χ2n) is 2.65. The summed E-state index contributed by atoms with van der Waals surface area (Å²) in [7, 11) is 0. The number of benzene rings is 1. The lowest BCUT2D eigenvalue weighted by Crippen LogP contribution is -1.98. The van der Waals surface area contributed by atoms with Gasteiger partial charge in [0, 0.05) is 5.39 Å². The summed E-state index contributed by atoms with van der Waals surface area (Å²) in [6, 6.07) is 8.21. The Morgan fingerprint density at radius 3 is 2.54 bits per heavy atom. The Bertz CT molecular complexity index is 397. The molecule has 68 valence electrons. The molecule has 0 aliphatic heterocycles. The highest BCUT2D eigenvalue weighted by Crippen LogP contribution is 2.37. The van der Waals surface area contributed by atoms with Gasteiger partial charge < -0.3 is 4.42 Å². The lowest BCUT2D eigenvalue weighted by Gasteiger charge is -2.01. The molecule has 0 unspecified atom stereocenters. The average molecular weight is 247 g/mol. The van der Waals surface area contributed by atoms with Gasteiger partial charge in [-0.15, -0.1) is 0 Å². The van der Waals surface area contributed by atoms with Crippen LogP contribution < -0.4 is 0 Å². The summed E-state index contributed by atoms with van der Waals surface area (Å²) in [4.78, 5) is -3.09. The number of alkyl halides is 3. The molecule has 0 aliphatic carbocycles. The molecule has 1 heterocycles. The van der Waals surface area contributed by atoms with Crippen LogP contribution in [-0.4, -0.2) is 0 Å². The average Bonchev–Trinajstić information content (AvgIpc) is 2.45. The van der Waals surface area contributed by atoms with E-state index in [-0.39, 0.29) is 5.76 Å². The molecule has 0 saturated carbocycles. The lowest BCUT2D eigenvalue weighted by molar-refractivity contribution is 0.0887. The number of fused-ring (bicyclic) bond motifs is 1. The van der Waals surface area contributed by atoms with Crippen molar-refractivity contribution >= 4 is 26.9 Å². The van der Waals surface area contributed by atoms with Crippen molar-refractivity contribution in [3.63, 3.8) is 0 Å². The van der Waals surface area contributed by atoms with E-state index < -0.39 is 4.83 Å². The first-order chi connectivity index (χ1) is 6.07. The number of hydrogen-bond acceptors (Lipinski definition) is 1. The highest BCUT2D eigenvalue weighted by atomic mass is 79.9. The maximum Gasteiger partial charge on any atom is 0.358 e. The van der Waals surface area contributed by atoms with E-state index in [1.165, 1.54) is 6.07 Å². The van der Waals surface area contributed by atoms with Gasteiger partial charge in [0.25, 0.3) is 0 Å². The van der Waals surface area contributed by atoms with Gasteiger partial charge in [-0.05, 0) is 28.1 Å². The van der Waals surface area contributed by atoms with Crippen LogP contribution in [-0.2, 0) is 4.83 Å². The van der Waals surface area contributed by atoms with Crippen LogP contribution in [0.15, 0.2) is 34.7 Å². The van der Waals surface area contributed by atoms with Gasteiger partial charge in [-0.3, -0.25) is 0 Å². The minimum atomic E-state index is -3.09. The Morgan fingerprint density at radius 1 is 1.23 bits per heavy atom. The van der Waals surface area contributed by atoms with E-state index in [0.717, 1.165) is 0 Å². The smallest absolute Gasteiger partial charge is 0.358 e.